The fourth-order valence-corrected chi connectivity index (χ4v) is 1.71. The van der Waals surface area contributed by atoms with Crippen molar-refractivity contribution < 1.29 is 14.3 Å². The van der Waals surface area contributed by atoms with Gasteiger partial charge in [0.1, 0.15) is 11.6 Å². The Morgan fingerprint density at radius 2 is 2.26 bits per heavy atom. The van der Waals surface area contributed by atoms with E-state index in [-0.39, 0.29) is 5.57 Å². The van der Waals surface area contributed by atoms with Crippen LogP contribution >= 0.6 is 11.6 Å². The summed E-state index contributed by atoms with van der Waals surface area (Å²) in [5.74, 6) is 0.0373. The first-order chi connectivity index (χ1) is 9.03. The van der Waals surface area contributed by atoms with Crippen molar-refractivity contribution in [3.05, 3.63) is 28.3 Å². The van der Waals surface area contributed by atoms with Crippen LogP contribution in [-0.2, 0) is 4.79 Å². The Bertz CT molecular complexity index is 562. The topological polar surface area (TPSA) is 85.3 Å². The molecule has 0 heterocycles. The highest BCUT2D eigenvalue weighted by molar-refractivity contribution is 6.32. The van der Waals surface area contributed by atoms with Gasteiger partial charge in [-0.1, -0.05) is 11.6 Å². The van der Waals surface area contributed by atoms with Crippen molar-refractivity contribution >= 4 is 23.6 Å². The molecule has 0 aliphatic carbocycles. The number of hydrogen-bond donors (Lipinski definition) is 1. The average Bonchev–Trinajstić information content (AvgIpc) is 2.38. The maximum absolute atomic E-state index is 11.0. The molecule has 0 saturated carbocycles. The number of carbonyl (C=O) groups is 1. The highest BCUT2D eigenvalue weighted by atomic mass is 35.5. The summed E-state index contributed by atoms with van der Waals surface area (Å²) in [6, 6.07) is 4.89. The second kappa shape index (κ2) is 6.66. The van der Waals surface area contributed by atoms with Crippen molar-refractivity contribution in [2.45, 2.75) is 6.92 Å². The van der Waals surface area contributed by atoms with E-state index in [9.17, 15) is 4.79 Å². The monoisotopic (exact) mass is 280 g/mol. The van der Waals surface area contributed by atoms with Gasteiger partial charge in [-0.3, -0.25) is 4.79 Å². The van der Waals surface area contributed by atoms with Crippen LogP contribution < -0.4 is 15.2 Å². The summed E-state index contributed by atoms with van der Waals surface area (Å²) in [6.07, 6.45) is 1.34. The van der Waals surface area contributed by atoms with Crippen LogP contribution in [0.15, 0.2) is 17.7 Å². The zero-order chi connectivity index (χ0) is 14.4. The quantitative estimate of drug-likeness (QED) is 0.661. The molecule has 0 aliphatic rings. The number of rotatable bonds is 5. The van der Waals surface area contributed by atoms with Gasteiger partial charge in [-0.25, -0.2) is 0 Å². The number of primary amides is 1. The fourth-order valence-electron chi connectivity index (χ4n) is 1.43. The number of halogens is 1. The SMILES string of the molecule is CCOc1c(Cl)cc(/C=C(/C#N)C(N)=O)cc1OC. The van der Waals surface area contributed by atoms with Crippen LogP contribution in [0.25, 0.3) is 6.08 Å². The van der Waals surface area contributed by atoms with Gasteiger partial charge in [0.15, 0.2) is 11.5 Å². The molecule has 0 spiro atoms. The normalized spacial score (nSPS) is 10.7. The highest BCUT2D eigenvalue weighted by Gasteiger charge is 2.12. The van der Waals surface area contributed by atoms with Crippen LogP contribution in [0, 0.1) is 11.3 Å². The van der Waals surface area contributed by atoms with Gasteiger partial charge in [-0.2, -0.15) is 5.26 Å². The molecule has 2 N–H and O–H groups in total. The van der Waals surface area contributed by atoms with Crippen molar-refractivity contribution in [3.63, 3.8) is 0 Å². The molecule has 0 aliphatic heterocycles. The molecule has 0 radical (unpaired) electrons. The van der Waals surface area contributed by atoms with Crippen LogP contribution in [0.4, 0.5) is 0 Å². The van der Waals surface area contributed by atoms with E-state index in [1.165, 1.54) is 13.2 Å². The van der Waals surface area contributed by atoms with E-state index < -0.39 is 5.91 Å². The Morgan fingerprint density at radius 1 is 1.58 bits per heavy atom. The molecule has 19 heavy (non-hydrogen) atoms. The van der Waals surface area contributed by atoms with Gasteiger partial charge in [0.2, 0.25) is 0 Å². The number of ether oxygens (including phenoxy) is 2. The van der Waals surface area contributed by atoms with E-state index in [2.05, 4.69) is 0 Å². The zero-order valence-electron chi connectivity index (χ0n) is 10.6. The Hall–Kier alpha value is -2.19. The summed E-state index contributed by atoms with van der Waals surface area (Å²) >= 11 is 6.06. The Kier molecular flexibility index (Phi) is 5.22. The number of benzene rings is 1. The molecule has 1 aromatic rings. The lowest BCUT2D eigenvalue weighted by atomic mass is 10.1. The van der Waals surface area contributed by atoms with Gasteiger partial charge < -0.3 is 15.2 Å². The minimum Gasteiger partial charge on any atom is -0.493 e. The Labute approximate surface area is 116 Å². The molecule has 0 saturated heterocycles. The van der Waals surface area contributed by atoms with E-state index in [0.29, 0.717) is 28.7 Å². The van der Waals surface area contributed by atoms with Gasteiger partial charge in [-0.15, -0.1) is 0 Å². The van der Waals surface area contributed by atoms with Crippen molar-refractivity contribution in [2.24, 2.45) is 5.73 Å². The molecule has 1 amide bonds. The van der Waals surface area contributed by atoms with Crippen molar-refractivity contribution in [1.82, 2.24) is 0 Å². The summed E-state index contributed by atoms with van der Waals surface area (Å²) in [5, 5.41) is 9.11. The Morgan fingerprint density at radius 3 is 2.74 bits per heavy atom. The molecular formula is C13H13ClN2O3. The summed E-state index contributed by atoms with van der Waals surface area (Å²) in [6.45, 7) is 2.26. The smallest absolute Gasteiger partial charge is 0.259 e. The molecule has 100 valence electrons. The van der Waals surface area contributed by atoms with E-state index >= 15 is 0 Å². The summed E-state index contributed by atoms with van der Waals surface area (Å²) in [7, 11) is 1.47. The van der Waals surface area contributed by atoms with Gasteiger partial charge >= 0.3 is 0 Å². The van der Waals surface area contributed by atoms with Crippen molar-refractivity contribution in [1.29, 1.82) is 5.26 Å². The van der Waals surface area contributed by atoms with Gasteiger partial charge in [0, 0.05) is 0 Å². The third-order valence-electron chi connectivity index (χ3n) is 2.24. The summed E-state index contributed by atoms with van der Waals surface area (Å²) in [5.41, 5.74) is 5.43. The van der Waals surface area contributed by atoms with Crippen molar-refractivity contribution in [3.8, 4) is 17.6 Å². The molecule has 0 aromatic heterocycles. The van der Waals surface area contributed by atoms with Crippen LogP contribution in [0.5, 0.6) is 11.5 Å². The average molecular weight is 281 g/mol. The molecular weight excluding hydrogens is 268 g/mol. The number of methoxy groups -OCH3 is 1. The molecule has 0 fully saturated rings. The van der Waals surface area contributed by atoms with Crippen molar-refractivity contribution in [2.75, 3.05) is 13.7 Å². The lowest BCUT2D eigenvalue weighted by molar-refractivity contribution is -0.114. The second-order valence-electron chi connectivity index (χ2n) is 3.50. The van der Waals surface area contributed by atoms with Crippen LogP contribution in [-0.4, -0.2) is 19.6 Å². The van der Waals surface area contributed by atoms with Crippen LogP contribution in [0.2, 0.25) is 5.02 Å². The molecule has 0 bridgehead atoms. The van der Waals surface area contributed by atoms with Crippen LogP contribution in [0.3, 0.4) is 0 Å². The first-order valence-corrected chi connectivity index (χ1v) is 5.83. The summed E-state index contributed by atoms with van der Waals surface area (Å²) < 4.78 is 10.5. The van der Waals surface area contributed by atoms with Gasteiger partial charge in [-0.05, 0) is 30.7 Å². The molecule has 5 nitrogen and oxygen atoms in total. The molecule has 0 unspecified atom stereocenters. The molecule has 6 heteroatoms. The van der Waals surface area contributed by atoms with Crippen LogP contribution in [0.1, 0.15) is 12.5 Å². The number of nitrogens with two attached hydrogens (primary N) is 1. The maximum atomic E-state index is 11.0. The third-order valence-corrected chi connectivity index (χ3v) is 2.52. The predicted octanol–water partition coefficient (Wildman–Crippen LogP) is 2.14. The van der Waals surface area contributed by atoms with E-state index in [1.807, 2.05) is 6.92 Å². The minimum absolute atomic E-state index is 0.165. The first kappa shape index (κ1) is 14.9. The number of nitrogens with zero attached hydrogens (tertiary/aromatic N) is 1. The number of carbonyl (C=O) groups excluding carboxylic acids is 1. The van der Waals surface area contributed by atoms with Gasteiger partial charge in [0.25, 0.3) is 5.91 Å². The molecule has 1 aromatic carbocycles. The maximum Gasteiger partial charge on any atom is 0.259 e. The predicted molar refractivity (Wildman–Crippen MR) is 72.0 cm³/mol. The zero-order valence-corrected chi connectivity index (χ0v) is 11.3. The summed E-state index contributed by atoms with van der Waals surface area (Å²) in [4.78, 5) is 11.0. The lowest BCUT2D eigenvalue weighted by Crippen LogP contribution is -2.12. The first-order valence-electron chi connectivity index (χ1n) is 5.45. The minimum atomic E-state index is -0.800. The van der Waals surface area contributed by atoms with Gasteiger partial charge in [0.05, 0.1) is 18.7 Å². The Balaban J connectivity index is 3.30. The molecule has 1 rings (SSSR count). The fraction of sp³-hybridized carbons (Fsp3) is 0.231. The number of amides is 1. The highest BCUT2D eigenvalue weighted by Crippen LogP contribution is 2.36. The van der Waals surface area contributed by atoms with E-state index in [0.717, 1.165) is 0 Å². The molecule has 0 atom stereocenters. The number of nitriles is 1. The van der Waals surface area contributed by atoms with E-state index in [4.69, 9.17) is 32.1 Å². The second-order valence-corrected chi connectivity index (χ2v) is 3.91. The largest absolute Gasteiger partial charge is 0.493 e. The number of hydrogen-bond acceptors (Lipinski definition) is 4. The van der Waals surface area contributed by atoms with E-state index in [1.54, 1.807) is 18.2 Å². The lowest BCUT2D eigenvalue weighted by Gasteiger charge is -2.12. The third kappa shape index (κ3) is 3.63. The standard InChI is InChI=1S/C13H13ClN2O3/c1-3-19-12-10(14)5-8(6-11(12)18-2)4-9(7-15)13(16)17/h4-6H,3H2,1-2H3,(H2,16,17)/b9-4-.